The van der Waals surface area contributed by atoms with Gasteiger partial charge in [0.2, 0.25) is 0 Å². The summed E-state index contributed by atoms with van der Waals surface area (Å²) in [4.78, 5) is 41.3. The standard InChI is InChI=1S/C4H8N4O9/c5-4(17-8(13)14)3(1-15-6(9)10)2-16-7(11)12/h3-4H,1-2,5H2. The maximum atomic E-state index is 9.94. The van der Waals surface area contributed by atoms with Gasteiger partial charge in [-0.05, 0) is 0 Å². The molecule has 13 heteroatoms. The van der Waals surface area contributed by atoms with Gasteiger partial charge in [-0.25, -0.2) is 0 Å². The van der Waals surface area contributed by atoms with Crippen LogP contribution in [0.2, 0.25) is 0 Å². The third kappa shape index (κ3) is 7.48. The predicted octanol–water partition coefficient (Wildman–Crippen LogP) is -1.49. The first-order valence-electron chi connectivity index (χ1n) is 3.94. The molecule has 0 aromatic rings. The van der Waals surface area contributed by atoms with Crippen LogP contribution in [0, 0.1) is 36.3 Å². The summed E-state index contributed by atoms with van der Waals surface area (Å²) in [6, 6.07) is 0. The Labute approximate surface area is 92.3 Å². The number of hydrogen-bond acceptors (Lipinski definition) is 10. The monoisotopic (exact) mass is 256 g/mol. The van der Waals surface area contributed by atoms with Gasteiger partial charge in [0.05, 0.1) is 0 Å². The summed E-state index contributed by atoms with van der Waals surface area (Å²) in [6.07, 6.45) is -1.65. The molecule has 0 aliphatic rings. The maximum Gasteiger partial charge on any atom is 0.296 e. The Morgan fingerprint density at radius 3 is 1.65 bits per heavy atom. The minimum atomic E-state index is -1.65. The SMILES string of the molecule is NC(O[N+](=O)[O-])C(CO[N+](=O)[O-])CO[N+](=O)[O-]. The zero-order valence-electron chi connectivity index (χ0n) is 8.16. The van der Waals surface area contributed by atoms with Crippen LogP contribution in [0.4, 0.5) is 0 Å². The molecule has 0 saturated heterocycles. The first-order chi connectivity index (χ1) is 7.82. The van der Waals surface area contributed by atoms with Crippen LogP contribution in [-0.4, -0.2) is 34.7 Å². The smallest absolute Gasteiger partial charge is 0.296 e. The average Bonchev–Trinajstić information content (AvgIpc) is 2.15. The van der Waals surface area contributed by atoms with Crippen LogP contribution < -0.4 is 5.73 Å². The second-order valence-corrected chi connectivity index (χ2v) is 2.59. The van der Waals surface area contributed by atoms with Crippen molar-refractivity contribution >= 4 is 0 Å². The van der Waals surface area contributed by atoms with Crippen molar-refractivity contribution in [2.75, 3.05) is 13.2 Å². The second-order valence-electron chi connectivity index (χ2n) is 2.59. The van der Waals surface area contributed by atoms with Crippen molar-refractivity contribution in [3.8, 4) is 0 Å². The van der Waals surface area contributed by atoms with Crippen LogP contribution in [0.15, 0.2) is 0 Å². The van der Waals surface area contributed by atoms with Gasteiger partial charge in [-0.2, -0.15) is 0 Å². The van der Waals surface area contributed by atoms with Crippen LogP contribution in [0.3, 0.4) is 0 Å². The summed E-state index contributed by atoms with van der Waals surface area (Å²) in [5.74, 6) is -1.25. The molecule has 13 nitrogen and oxygen atoms in total. The largest absolute Gasteiger partial charge is 0.313 e. The lowest BCUT2D eigenvalue weighted by molar-refractivity contribution is -0.784. The molecule has 0 rings (SSSR count). The molecule has 0 saturated carbocycles. The van der Waals surface area contributed by atoms with Gasteiger partial charge in [0.15, 0.2) is 6.23 Å². The Morgan fingerprint density at radius 2 is 1.35 bits per heavy atom. The summed E-state index contributed by atoms with van der Waals surface area (Å²) in [7, 11) is 0. The molecule has 98 valence electrons. The highest BCUT2D eigenvalue weighted by atomic mass is 17.0. The normalized spacial score (nSPS) is 11.6. The Morgan fingerprint density at radius 1 is 0.941 bits per heavy atom. The molecule has 0 amide bonds. The summed E-state index contributed by atoms with van der Waals surface area (Å²) < 4.78 is 0. The van der Waals surface area contributed by atoms with Gasteiger partial charge in [0, 0.05) is 5.92 Å². The summed E-state index contributed by atoms with van der Waals surface area (Å²) >= 11 is 0. The Balaban J connectivity index is 4.31. The van der Waals surface area contributed by atoms with Crippen LogP contribution in [-0.2, 0) is 14.5 Å². The lowest BCUT2D eigenvalue weighted by atomic mass is 10.1. The van der Waals surface area contributed by atoms with E-state index >= 15 is 0 Å². The predicted molar refractivity (Wildman–Crippen MR) is 45.4 cm³/mol. The zero-order valence-corrected chi connectivity index (χ0v) is 8.16. The van der Waals surface area contributed by atoms with Gasteiger partial charge in [-0.15, -0.1) is 30.3 Å². The van der Waals surface area contributed by atoms with E-state index in [0.29, 0.717) is 0 Å². The van der Waals surface area contributed by atoms with E-state index in [0.717, 1.165) is 0 Å². The maximum absolute atomic E-state index is 9.94. The summed E-state index contributed by atoms with van der Waals surface area (Å²) in [6.45, 7) is -1.48. The first kappa shape index (κ1) is 14.6. The summed E-state index contributed by atoms with van der Waals surface area (Å²) in [5, 5.41) is 26.1. The minimum absolute atomic E-state index is 0.740. The van der Waals surface area contributed by atoms with Gasteiger partial charge in [0.25, 0.3) is 15.3 Å². The second kappa shape index (κ2) is 6.94. The van der Waals surface area contributed by atoms with Crippen molar-refractivity contribution in [2.45, 2.75) is 6.23 Å². The Bertz CT molecular complexity index is 277. The number of hydrogen-bond donors (Lipinski definition) is 1. The van der Waals surface area contributed by atoms with Gasteiger partial charge >= 0.3 is 0 Å². The molecule has 0 fully saturated rings. The molecule has 0 heterocycles. The van der Waals surface area contributed by atoms with Crippen LogP contribution >= 0.6 is 0 Å². The molecule has 0 spiro atoms. The summed E-state index contributed by atoms with van der Waals surface area (Å²) in [5.41, 5.74) is 5.12. The molecule has 0 bridgehead atoms. The van der Waals surface area contributed by atoms with Crippen LogP contribution in [0.5, 0.6) is 0 Å². The fraction of sp³-hybridized carbons (Fsp3) is 1.00. The van der Waals surface area contributed by atoms with Gasteiger partial charge in [0.1, 0.15) is 13.2 Å². The average molecular weight is 256 g/mol. The number of nitrogens with zero attached hydrogens (tertiary/aromatic N) is 3. The molecule has 1 unspecified atom stereocenters. The molecule has 0 aliphatic heterocycles. The highest BCUT2D eigenvalue weighted by Gasteiger charge is 2.24. The van der Waals surface area contributed by atoms with E-state index in [1.54, 1.807) is 0 Å². The quantitative estimate of drug-likeness (QED) is 0.289. The third-order valence-electron chi connectivity index (χ3n) is 1.46. The lowest BCUT2D eigenvalue weighted by Crippen LogP contribution is -2.40. The molecule has 2 N–H and O–H groups in total. The molecule has 0 aromatic carbocycles. The molecule has 17 heavy (non-hydrogen) atoms. The van der Waals surface area contributed by atoms with Crippen molar-refractivity contribution in [1.82, 2.24) is 0 Å². The molecule has 0 aromatic heterocycles. The van der Waals surface area contributed by atoms with Crippen LogP contribution in [0.25, 0.3) is 0 Å². The van der Waals surface area contributed by atoms with E-state index in [1.165, 1.54) is 0 Å². The van der Waals surface area contributed by atoms with Crippen molar-refractivity contribution in [2.24, 2.45) is 11.7 Å². The topological polar surface area (TPSA) is 183 Å². The molecular formula is C4H8N4O9. The lowest BCUT2D eigenvalue weighted by Gasteiger charge is -2.19. The van der Waals surface area contributed by atoms with E-state index in [9.17, 15) is 30.3 Å². The van der Waals surface area contributed by atoms with E-state index in [1.807, 2.05) is 0 Å². The molecular weight excluding hydrogens is 248 g/mol. The number of rotatable bonds is 9. The highest BCUT2D eigenvalue weighted by molar-refractivity contribution is 4.61. The van der Waals surface area contributed by atoms with Crippen molar-refractivity contribution in [3.63, 3.8) is 0 Å². The fourth-order valence-corrected chi connectivity index (χ4v) is 0.736. The van der Waals surface area contributed by atoms with Gasteiger partial charge in [-0.1, -0.05) is 0 Å². The van der Waals surface area contributed by atoms with E-state index < -0.39 is 40.6 Å². The first-order valence-corrected chi connectivity index (χ1v) is 3.94. The molecule has 1 atom stereocenters. The number of nitrogens with two attached hydrogens (primary N) is 1. The van der Waals surface area contributed by atoms with Gasteiger partial charge in [-0.3, -0.25) is 4.84 Å². The molecule has 0 radical (unpaired) electrons. The van der Waals surface area contributed by atoms with Gasteiger partial charge < -0.3 is 15.4 Å². The molecule has 0 aliphatic carbocycles. The zero-order chi connectivity index (χ0) is 13.4. The fourth-order valence-electron chi connectivity index (χ4n) is 0.736. The van der Waals surface area contributed by atoms with E-state index in [-0.39, 0.29) is 0 Å². The Kier molecular flexibility index (Phi) is 5.94. The van der Waals surface area contributed by atoms with E-state index in [2.05, 4.69) is 14.5 Å². The van der Waals surface area contributed by atoms with Crippen molar-refractivity contribution in [3.05, 3.63) is 30.3 Å². The van der Waals surface area contributed by atoms with Crippen LogP contribution in [0.1, 0.15) is 0 Å². The van der Waals surface area contributed by atoms with E-state index in [4.69, 9.17) is 5.73 Å². The van der Waals surface area contributed by atoms with Crippen molar-refractivity contribution < 1.29 is 29.8 Å². The third-order valence-corrected chi connectivity index (χ3v) is 1.46. The minimum Gasteiger partial charge on any atom is -0.313 e. The Hall–Kier alpha value is -2.44. The van der Waals surface area contributed by atoms with Crippen molar-refractivity contribution in [1.29, 1.82) is 0 Å². The highest BCUT2D eigenvalue weighted by Crippen LogP contribution is 2.06.